The van der Waals surface area contributed by atoms with Gasteiger partial charge in [0.15, 0.2) is 0 Å². The van der Waals surface area contributed by atoms with Gasteiger partial charge in [0, 0.05) is 0 Å². The van der Waals surface area contributed by atoms with Gasteiger partial charge in [-0.05, 0) is 85.2 Å². The van der Waals surface area contributed by atoms with Crippen LogP contribution in [0.25, 0.3) is 11.1 Å². The Morgan fingerprint density at radius 3 is 1.81 bits per heavy atom. The van der Waals surface area contributed by atoms with Crippen molar-refractivity contribution in [3.8, 4) is 0 Å². The Bertz CT molecular complexity index is 921. The third kappa shape index (κ3) is 5.08. The molecule has 0 aliphatic rings. The van der Waals surface area contributed by atoms with E-state index >= 15 is 0 Å². The molecule has 0 aromatic heterocycles. The molecule has 0 nitrogen and oxygen atoms in total. The van der Waals surface area contributed by atoms with Crippen molar-refractivity contribution in [1.29, 1.82) is 0 Å². The van der Waals surface area contributed by atoms with Crippen LogP contribution in [-0.2, 0) is 0 Å². The standard InChI is InChI=1S/C27H30/c1-9-25(26-12-10-18(2)11-13-26)17-21(5)20(4)16-24(8)27-22(6)14-19(3)15-23(27)7/h9-17H,1,4-5H2,2-3,6-8H3. The van der Waals surface area contributed by atoms with Gasteiger partial charge in [0.2, 0.25) is 0 Å². The van der Waals surface area contributed by atoms with Crippen molar-refractivity contribution < 1.29 is 0 Å². The average molecular weight is 355 g/mol. The first-order valence-corrected chi connectivity index (χ1v) is 9.28. The molecule has 0 heterocycles. The Morgan fingerprint density at radius 1 is 0.778 bits per heavy atom. The molecule has 0 spiro atoms. The fourth-order valence-electron chi connectivity index (χ4n) is 3.51. The number of hydrogen-bond donors (Lipinski definition) is 0. The van der Waals surface area contributed by atoms with Crippen LogP contribution in [0.5, 0.6) is 0 Å². The maximum Gasteiger partial charge on any atom is -0.0168 e. The van der Waals surface area contributed by atoms with Crippen LogP contribution < -0.4 is 0 Å². The Balaban J connectivity index is 2.31. The Morgan fingerprint density at radius 2 is 1.30 bits per heavy atom. The normalized spacial score (nSPS) is 12.0. The minimum atomic E-state index is 0.896. The van der Waals surface area contributed by atoms with Gasteiger partial charge >= 0.3 is 0 Å². The molecule has 0 heteroatoms. The smallest absolute Gasteiger partial charge is 0.0168 e. The number of rotatable bonds is 6. The van der Waals surface area contributed by atoms with Crippen LogP contribution in [0.3, 0.4) is 0 Å². The van der Waals surface area contributed by atoms with Gasteiger partial charge in [-0.2, -0.15) is 0 Å². The summed E-state index contributed by atoms with van der Waals surface area (Å²) in [7, 11) is 0. The number of aryl methyl sites for hydroxylation is 4. The molecule has 0 amide bonds. The molecule has 138 valence electrons. The van der Waals surface area contributed by atoms with Gasteiger partial charge in [0.05, 0.1) is 0 Å². The first kappa shape index (κ1) is 20.5. The van der Waals surface area contributed by atoms with E-state index in [4.69, 9.17) is 0 Å². The highest BCUT2D eigenvalue weighted by molar-refractivity contribution is 5.78. The van der Waals surface area contributed by atoms with Crippen LogP contribution in [0.4, 0.5) is 0 Å². The molecule has 0 bridgehead atoms. The van der Waals surface area contributed by atoms with E-state index in [1.54, 1.807) is 0 Å². The molecule has 0 radical (unpaired) electrons. The third-order valence-corrected chi connectivity index (χ3v) is 4.81. The molecule has 0 saturated carbocycles. The quantitative estimate of drug-likeness (QED) is 0.466. The van der Waals surface area contributed by atoms with E-state index in [0.717, 1.165) is 22.3 Å². The monoisotopic (exact) mass is 354 g/mol. The Hall–Kier alpha value is -2.86. The molecule has 0 unspecified atom stereocenters. The minimum absolute atomic E-state index is 0.896. The van der Waals surface area contributed by atoms with Gasteiger partial charge in [-0.25, -0.2) is 0 Å². The summed E-state index contributed by atoms with van der Waals surface area (Å²) < 4.78 is 0. The zero-order chi connectivity index (χ0) is 20.1. The lowest BCUT2D eigenvalue weighted by Gasteiger charge is -2.13. The van der Waals surface area contributed by atoms with Gasteiger partial charge in [-0.3, -0.25) is 0 Å². The summed E-state index contributed by atoms with van der Waals surface area (Å²) in [6.45, 7) is 23.1. The fourth-order valence-corrected chi connectivity index (χ4v) is 3.51. The predicted octanol–water partition coefficient (Wildman–Crippen LogP) is 7.71. The average Bonchev–Trinajstić information content (AvgIpc) is 2.59. The van der Waals surface area contributed by atoms with Gasteiger partial charge in [0.1, 0.15) is 0 Å². The molecule has 0 N–H and O–H groups in total. The van der Waals surface area contributed by atoms with Crippen molar-refractivity contribution in [2.45, 2.75) is 34.6 Å². The highest BCUT2D eigenvalue weighted by atomic mass is 14.1. The lowest BCUT2D eigenvalue weighted by atomic mass is 9.92. The number of allylic oxidation sites excluding steroid dienone is 7. The summed E-state index contributed by atoms with van der Waals surface area (Å²) in [5.74, 6) is 0. The second-order valence-corrected chi connectivity index (χ2v) is 7.32. The lowest BCUT2D eigenvalue weighted by Crippen LogP contribution is -1.93. The second kappa shape index (κ2) is 8.68. The maximum absolute atomic E-state index is 4.24. The molecule has 0 fully saturated rings. The second-order valence-electron chi connectivity index (χ2n) is 7.32. The zero-order valence-corrected chi connectivity index (χ0v) is 17.3. The van der Waals surface area contributed by atoms with Crippen molar-refractivity contribution in [1.82, 2.24) is 0 Å². The summed E-state index contributed by atoms with van der Waals surface area (Å²) >= 11 is 0. The molecular weight excluding hydrogens is 324 g/mol. The zero-order valence-electron chi connectivity index (χ0n) is 17.3. The molecule has 27 heavy (non-hydrogen) atoms. The summed E-state index contributed by atoms with van der Waals surface area (Å²) in [6, 6.07) is 12.9. The minimum Gasteiger partial charge on any atom is -0.0984 e. The van der Waals surface area contributed by atoms with Crippen LogP contribution in [0.1, 0.15) is 40.3 Å². The molecular formula is C27H30. The van der Waals surface area contributed by atoms with Crippen LogP contribution in [0, 0.1) is 27.7 Å². The number of benzene rings is 2. The Labute approximate surface area is 165 Å². The molecule has 0 saturated heterocycles. The largest absolute Gasteiger partial charge is 0.0984 e. The van der Waals surface area contributed by atoms with E-state index < -0.39 is 0 Å². The highest BCUT2D eigenvalue weighted by Gasteiger charge is 2.07. The SMILES string of the molecule is C=CC(=CC(=C)C(=C)C=C(C)c1c(C)cc(C)cc1C)c1ccc(C)cc1. The van der Waals surface area contributed by atoms with Crippen molar-refractivity contribution in [2.75, 3.05) is 0 Å². The van der Waals surface area contributed by atoms with Crippen LogP contribution in [0.15, 0.2) is 85.5 Å². The van der Waals surface area contributed by atoms with Crippen LogP contribution >= 0.6 is 0 Å². The molecule has 0 aliphatic heterocycles. The van der Waals surface area contributed by atoms with E-state index in [1.807, 2.05) is 6.08 Å². The van der Waals surface area contributed by atoms with Crippen molar-refractivity contribution >= 4 is 11.1 Å². The molecule has 0 atom stereocenters. The Kier molecular flexibility index (Phi) is 6.58. The first-order valence-electron chi connectivity index (χ1n) is 9.28. The summed E-state index contributed by atoms with van der Waals surface area (Å²) in [6.07, 6.45) is 6.05. The maximum atomic E-state index is 4.24. The van der Waals surface area contributed by atoms with Gasteiger partial charge in [-0.15, -0.1) is 0 Å². The van der Waals surface area contributed by atoms with Crippen molar-refractivity contribution in [3.05, 3.63) is 119 Å². The topological polar surface area (TPSA) is 0 Å². The van der Waals surface area contributed by atoms with E-state index in [1.165, 1.54) is 33.4 Å². The summed E-state index contributed by atoms with van der Waals surface area (Å²) in [4.78, 5) is 0. The van der Waals surface area contributed by atoms with E-state index in [-0.39, 0.29) is 0 Å². The van der Waals surface area contributed by atoms with Crippen molar-refractivity contribution in [2.24, 2.45) is 0 Å². The van der Waals surface area contributed by atoms with Gasteiger partial charge < -0.3 is 0 Å². The van der Waals surface area contributed by atoms with E-state index in [9.17, 15) is 0 Å². The summed E-state index contributed by atoms with van der Waals surface area (Å²) in [5.41, 5.74) is 11.6. The molecule has 2 aromatic rings. The molecule has 2 aromatic carbocycles. The summed E-state index contributed by atoms with van der Waals surface area (Å²) in [5, 5.41) is 0. The van der Waals surface area contributed by atoms with Crippen molar-refractivity contribution in [3.63, 3.8) is 0 Å². The van der Waals surface area contributed by atoms with E-state index in [2.05, 4.69) is 103 Å². The number of hydrogen-bond acceptors (Lipinski definition) is 0. The van der Waals surface area contributed by atoms with E-state index in [0.29, 0.717) is 0 Å². The predicted molar refractivity (Wildman–Crippen MR) is 122 cm³/mol. The third-order valence-electron chi connectivity index (χ3n) is 4.81. The first-order chi connectivity index (χ1) is 12.7. The lowest BCUT2D eigenvalue weighted by molar-refractivity contribution is 1.28. The highest BCUT2D eigenvalue weighted by Crippen LogP contribution is 2.27. The van der Waals surface area contributed by atoms with Gasteiger partial charge in [0.25, 0.3) is 0 Å². The van der Waals surface area contributed by atoms with Crippen LogP contribution in [0.2, 0.25) is 0 Å². The molecule has 0 aliphatic carbocycles. The van der Waals surface area contributed by atoms with Crippen LogP contribution in [-0.4, -0.2) is 0 Å². The van der Waals surface area contributed by atoms with Gasteiger partial charge in [-0.1, -0.05) is 79.4 Å². The fraction of sp³-hybridized carbons (Fsp3) is 0.185. The molecule has 2 rings (SSSR count).